The minimum absolute atomic E-state index is 0.199. The van der Waals surface area contributed by atoms with Crippen LogP contribution in [0.15, 0.2) is 90.2 Å². The number of halogens is 3. The quantitative estimate of drug-likeness (QED) is 0.150. The second kappa shape index (κ2) is 16.4. The number of carbonyl (C=O) groups is 2. The van der Waals surface area contributed by atoms with Crippen molar-refractivity contribution in [2.75, 3.05) is 13.1 Å². The van der Waals surface area contributed by atoms with Crippen molar-refractivity contribution in [2.24, 2.45) is 4.99 Å². The molecule has 2 aliphatic heterocycles. The number of ether oxygens (including phenoxy) is 2. The molecule has 11 nitrogen and oxygen atoms in total. The van der Waals surface area contributed by atoms with Crippen LogP contribution in [0.4, 0.5) is 22.8 Å². The highest BCUT2D eigenvalue weighted by molar-refractivity contribution is 6.13. The molecule has 14 heteroatoms. The third-order valence-corrected chi connectivity index (χ3v) is 10.2. The zero-order valence-corrected chi connectivity index (χ0v) is 34.2. The van der Waals surface area contributed by atoms with Gasteiger partial charge in [0.2, 0.25) is 0 Å². The molecule has 59 heavy (non-hydrogen) atoms. The van der Waals surface area contributed by atoms with Gasteiger partial charge < -0.3 is 19.4 Å². The van der Waals surface area contributed by atoms with Gasteiger partial charge in [0.05, 0.1) is 53.7 Å². The molecule has 5 aromatic rings. The van der Waals surface area contributed by atoms with Crippen LogP contribution in [0, 0.1) is 0 Å². The molecular formula is C45H50F3N7O4. The van der Waals surface area contributed by atoms with Gasteiger partial charge in [-0.3, -0.25) is 14.8 Å². The van der Waals surface area contributed by atoms with Gasteiger partial charge in [0.15, 0.2) is 0 Å². The van der Waals surface area contributed by atoms with Gasteiger partial charge in [-0.1, -0.05) is 60.7 Å². The van der Waals surface area contributed by atoms with E-state index in [1.54, 1.807) is 22.2 Å². The highest BCUT2D eigenvalue weighted by atomic mass is 19.4. The van der Waals surface area contributed by atoms with Gasteiger partial charge in [0.25, 0.3) is 0 Å². The van der Waals surface area contributed by atoms with Crippen LogP contribution >= 0.6 is 0 Å². The number of rotatable bonds is 8. The number of imidazole rings is 2. The predicted molar refractivity (Wildman–Crippen MR) is 219 cm³/mol. The molecule has 0 saturated carbocycles. The Morgan fingerprint density at radius 3 is 1.53 bits per heavy atom. The van der Waals surface area contributed by atoms with E-state index < -0.39 is 22.9 Å². The molecule has 0 bridgehead atoms. The van der Waals surface area contributed by atoms with Crippen molar-refractivity contribution in [3.63, 3.8) is 0 Å². The van der Waals surface area contributed by atoms with E-state index in [2.05, 4.69) is 19.9 Å². The first-order chi connectivity index (χ1) is 27.9. The summed E-state index contributed by atoms with van der Waals surface area (Å²) in [7, 11) is 0. The first-order valence-electron chi connectivity index (χ1n) is 19.9. The summed E-state index contributed by atoms with van der Waals surface area (Å²) in [6, 6.07) is 20.1. The molecule has 0 aliphatic carbocycles. The summed E-state index contributed by atoms with van der Waals surface area (Å²) in [5.74, 6) is 1.38. The third kappa shape index (κ3) is 9.86. The molecule has 2 saturated heterocycles. The number of aromatic nitrogens is 4. The summed E-state index contributed by atoms with van der Waals surface area (Å²) in [4.78, 5) is 50.2. The predicted octanol–water partition coefficient (Wildman–Crippen LogP) is 10.7. The van der Waals surface area contributed by atoms with E-state index >= 15 is 0 Å². The van der Waals surface area contributed by atoms with Crippen LogP contribution in [0.2, 0.25) is 0 Å². The fourth-order valence-electron chi connectivity index (χ4n) is 7.42. The molecule has 310 valence electrons. The second-order valence-electron chi connectivity index (χ2n) is 17.0. The molecular weight excluding hydrogens is 760 g/mol. The second-order valence-corrected chi connectivity index (χ2v) is 17.0. The fraction of sp³-hybridized carbons (Fsp3) is 0.400. The Labute approximate surface area is 342 Å². The number of aromatic amines is 2. The van der Waals surface area contributed by atoms with E-state index in [0.29, 0.717) is 36.0 Å². The summed E-state index contributed by atoms with van der Waals surface area (Å²) in [6.45, 7) is 12.5. The third-order valence-electron chi connectivity index (χ3n) is 10.2. The van der Waals surface area contributed by atoms with Crippen LogP contribution in [0.5, 0.6) is 0 Å². The van der Waals surface area contributed by atoms with Gasteiger partial charge in [-0.2, -0.15) is 13.2 Å². The zero-order valence-electron chi connectivity index (χ0n) is 34.2. The van der Waals surface area contributed by atoms with E-state index in [4.69, 9.17) is 14.5 Å². The van der Waals surface area contributed by atoms with E-state index in [1.165, 1.54) is 12.1 Å². The van der Waals surface area contributed by atoms with Crippen molar-refractivity contribution in [2.45, 2.75) is 103 Å². The number of hydrogen-bond donors (Lipinski definition) is 2. The number of benzene rings is 3. The normalized spacial score (nSPS) is 17.7. The lowest BCUT2D eigenvalue weighted by atomic mass is 9.99. The molecule has 0 radical (unpaired) electrons. The van der Waals surface area contributed by atoms with Gasteiger partial charge in [-0.05, 0) is 96.0 Å². The topological polar surface area (TPSA) is 129 Å². The Hall–Kier alpha value is -5.92. The van der Waals surface area contributed by atoms with Crippen LogP contribution < -0.4 is 0 Å². The molecule has 0 spiro atoms. The summed E-state index contributed by atoms with van der Waals surface area (Å²) in [6.07, 6.45) is 1.57. The van der Waals surface area contributed by atoms with Gasteiger partial charge in [-0.25, -0.2) is 19.6 Å². The highest BCUT2D eigenvalue weighted by Crippen LogP contribution is 2.35. The van der Waals surface area contributed by atoms with E-state index in [9.17, 15) is 22.8 Å². The summed E-state index contributed by atoms with van der Waals surface area (Å²) >= 11 is 0. The number of alkyl halides is 3. The lowest BCUT2D eigenvalue weighted by Crippen LogP contribution is -2.36. The monoisotopic (exact) mass is 809 g/mol. The van der Waals surface area contributed by atoms with Crippen molar-refractivity contribution in [1.82, 2.24) is 29.7 Å². The molecule has 3 aromatic carbocycles. The maximum Gasteiger partial charge on any atom is 0.416 e. The van der Waals surface area contributed by atoms with Crippen molar-refractivity contribution in [1.29, 1.82) is 0 Å². The van der Waals surface area contributed by atoms with Gasteiger partial charge >= 0.3 is 18.4 Å². The zero-order chi connectivity index (χ0) is 42.1. The minimum Gasteiger partial charge on any atom is -0.444 e. The molecule has 7 rings (SSSR count). The molecule has 2 aromatic heterocycles. The Balaban J connectivity index is 1.09. The minimum atomic E-state index is -4.46. The van der Waals surface area contributed by atoms with Crippen molar-refractivity contribution in [3.05, 3.63) is 119 Å². The summed E-state index contributed by atoms with van der Waals surface area (Å²) < 4.78 is 51.7. The number of carbonyl (C=O) groups excluding carboxylic acids is 2. The average Bonchev–Trinajstić information content (AvgIpc) is 4.00. The number of likely N-dealkylation sites (tertiary alicyclic amines) is 2. The highest BCUT2D eigenvalue weighted by Gasteiger charge is 2.36. The van der Waals surface area contributed by atoms with Gasteiger partial charge in [0.1, 0.15) is 22.9 Å². The fourth-order valence-corrected chi connectivity index (χ4v) is 7.42. The van der Waals surface area contributed by atoms with E-state index in [0.717, 1.165) is 71.5 Å². The number of nitrogens with one attached hydrogen (secondary N) is 2. The van der Waals surface area contributed by atoms with Crippen LogP contribution in [0.25, 0.3) is 22.5 Å². The molecule has 2 aliphatic rings. The van der Waals surface area contributed by atoms with E-state index in [-0.39, 0.29) is 30.8 Å². The number of H-pyrrole nitrogens is 2. The maximum atomic E-state index is 13.5. The Morgan fingerprint density at radius 2 is 1.10 bits per heavy atom. The van der Waals surface area contributed by atoms with Gasteiger partial charge in [0, 0.05) is 24.2 Å². The molecule has 2 N–H and O–H groups in total. The summed E-state index contributed by atoms with van der Waals surface area (Å²) in [5.41, 5.74) is 4.13. The van der Waals surface area contributed by atoms with Crippen LogP contribution in [-0.4, -0.2) is 71.9 Å². The number of hydrogen-bond acceptors (Lipinski definition) is 7. The standard InChI is InChI=1S/C45H50F3N7O4/c1-43(2,3)58-41(56)54-23-7-9-36(54)39-50-26-34(52-39)29-13-11-28(12-14-29)25-49-38(32-19-21-33(22-20-32)45(46,47)48)31-17-15-30(16-18-31)35-27-51-40(53-35)37-10-8-24-55(37)42(57)59-44(4,5)6/h11-22,26-27,36-37H,7-10,23-25H2,1-6H3,(H,50,52)(H,51,53). The first kappa shape index (κ1) is 41.2. The Morgan fingerprint density at radius 1 is 0.678 bits per heavy atom. The largest absolute Gasteiger partial charge is 0.444 e. The van der Waals surface area contributed by atoms with Crippen LogP contribution in [-0.2, 0) is 22.2 Å². The average molecular weight is 810 g/mol. The molecule has 2 unspecified atom stereocenters. The van der Waals surface area contributed by atoms with Crippen LogP contribution in [0.1, 0.15) is 113 Å². The first-order valence-corrected chi connectivity index (χ1v) is 19.9. The molecule has 2 atom stereocenters. The maximum absolute atomic E-state index is 13.5. The van der Waals surface area contributed by atoms with Crippen molar-refractivity contribution >= 4 is 17.9 Å². The molecule has 2 fully saturated rings. The van der Waals surface area contributed by atoms with Crippen molar-refractivity contribution < 1.29 is 32.2 Å². The number of amides is 2. The lowest BCUT2D eigenvalue weighted by Gasteiger charge is -2.27. The Kier molecular flexibility index (Phi) is 11.5. The van der Waals surface area contributed by atoms with Crippen molar-refractivity contribution in [3.8, 4) is 22.5 Å². The smallest absolute Gasteiger partial charge is 0.416 e. The number of nitrogens with zero attached hydrogens (tertiary/aromatic N) is 5. The lowest BCUT2D eigenvalue weighted by molar-refractivity contribution is -0.137. The molecule has 2 amide bonds. The van der Waals surface area contributed by atoms with Crippen LogP contribution in [0.3, 0.4) is 0 Å². The number of aliphatic imine (C=N–C) groups is 1. The molecule has 4 heterocycles. The summed E-state index contributed by atoms with van der Waals surface area (Å²) in [5, 5.41) is 0. The van der Waals surface area contributed by atoms with E-state index in [1.807, 2.05) is 90.1 Å². The Bertz CT molecular complexity index is 2280. The van der Waals surface area contributed by atoms with Gasteiger partial charge in [-0.15, -0.1) is 0 Å². The SMILES string of the molecule is CC(C)(C)OC(=O)N1CCCC1c1ncc(-c2ccc(CN=C(c3ccc(-c4cnc(C5CCCN5C(=O)OC(C)(C)C)[nH]4)cc3)c3ccc(C(F)(F)F)cc3)cc2)[nH]1.